The molecule has 0 aromatic heterocycles. The van der Waals surface area contributed by atoms with Crippen LogP contribution in [-0.2, 0) is 9.59 Å². The highest BCUT2D eigenvalue weighted by atomic mass is 19.1. The lowest BCUT2D eigenvalue weighted by Crippen LogP contribution is -2.40. The summed E-state index contributed by atoms with van der Waals surface area (Å²) in [4.78, 5) is 26.5. The summed E-state index contributed by atoms with van der Waals surface area (Å²) in [6, 6.07) is 18.3. The molecule has 6 heteroatoms. The number of halogens is 1. The van der Waals surface area contributed by atoms with Crippen LogP contribution in [0.2, 0.25) is 0 Å². The van der Waals surface area contributed by atoms with Crippen molar-refractivity contribution >= 4 is 28.3 Å². The zero-order valence-corrected chi connectivity index (χ0v) is 16.7. The standard InChI is InChI=1S/C23H24FN3O2/c1-15-11-12-17(13-20(15)24)26-23(29)22(28)25-14-21(27(2)3)19-10-6-8-16-7-4-5-9-18(16)19/h4-13,21H,14H2,1-3H3,(H,25,28)(H,26,29). The highest BCUT2D eigenvalue weighted by Crippen LogP contribution is 2.26. The number of benzene rings is 3. The third-order valence-electron chi connectivity index (χ3n) is 4.90. The van der Waals surface area contributed by atoms with Gasteiger partial charge in [-0.2, -0.15) is 0 Å². The number of aryl methyl sites for hydroxylation is 1. The van der Waals surface area contributed by atoms with Crippen molar-refractivity contribution < 1.29 is 14.0 Å². The Morgan fingerprint density at radius 3 is 2.45 bits per heavy atom. The Morgan fingerprint density at radius 1 is 1.00 bits per heavy atom. The first-order chi connectivity index (χ1) is 13.9. The topological polar surface area (TPSA) is 61.4 Å². The molecule has 0 aliphatic heterocycles. The summed E-state index contributed by atoms with van der Waals surface area (Å²) < 4.78 is 13.6. The highest BCUT2D eigenvalue weighted by molar-refractivity contribution is 6.39. The summed E-state index contributed by atoms with van der Waals surface area (Å²) in [6.45, 7) is 1.89. The molecule has 1 unspecified atom stereocenters. The Bertz CT molecular complexity index is 1040. The van der Waals surface area contributed by atoms with Crippen molar-refractivity contribution in [3.8, 4) is 0 Å². The SMILES string of the molecule is Cc1ccc(NC(=O)C(=O)NCC(c2cccc3ccccc23)N(C)C)cc1F. The van der Waals surface area contributed by atoms with E-state index in [0.29, 0.717) is 5.56 Å². The van der Waals surface area contributed by atoms with Crippen LogP contribution in [0.25, 0.3) is 10.8 Å². The number of likely N-dealkylation sites (N-methyl/N-ethyl adjacent to an activating group) is 1. The monoisotopic (exact) mass is 393 g/mol. The fourth-order valence-electron chi connectivity index (χ4n) is 3.24. The van der Waals surface area contributed by atoms with Gasteiger partial charge in [0.2, 0.25) is 0 Å². The second-order valence-electron chi connectivity index (χ2n) is 7.18. The van der Waals surface area contributed by atoms with Crippen molar-refractivity contribution in [1.29, 1.82) is 0 Å². The van der Waals surface area contributed by atoms with Gasteiger partial charge in [-0.05, 0) is 55.1 Å². The van der Waals surface area contributed by atoms with Crippen molar-refractivity contribution in [2.75, 3.05) is 26.0 Å². The average Bonchev–Trinajstić information content (AvgIpc) is 2.70. The first-order valence-corrected chi connectivity index (χ1v) is 9.36. The van der Waals surface area contributed by atoms with E-state index in [9.17, 15) is 14.0 Å². The quantitative estimate of drug-likeness (QED) is 0.651. The van der Waals surface area contributed by atoms with Crippen LogP contribution >= 0.6 is 0 Å². The number of anilines is 1. The van der Waals surface area contributed by atoms with Crippen molar-refractivity contribution in [1.82, 2.24) is 10.2 Å². The van der Waals surface area contributed by atoms with Gasteiger partial charge >= 0.3 is 11.8 Å². The molecule has 5 nitrogen and oxygen atoms in total. The summed E-state index contributed by atoms with van der Waals surface area (Å²) in [5.74, 6) is -2.03. The Kier molecular flexibility index (Phi) is 6.24. The summed E-state index contributed by atoms with van der Waals surface area (Å²) >= 11 is 0. The van der Waals surface area contributed by atoms with E-state index in [4.69, 9.17) is 0 Å². The van der Waals surface area contributed by atoms with E-state index in [0.717, 1.165) is 16.3 Å². The van der Waals surface area contributed by atoms with Crippen LogP contribution in [0, 0.1) is 12.7 Å². The van der Waals surface area contributed by atoms with Crippen LogP contribution in [0.3, 0.4) is 0 Å². The third kappa shape index (κ3) is 4.78. The van der Waals surface area contributed by atoms with Crippen LogP contribution in [-0.4, -0.2) is 37.4 Å². The first kappa shape index (κ1) is 20.5. The van der Waals surface area contributed by atoms with Gasteiger partial charge in [0.15, 0.2) is 0 Å². The van der Waals surface area contributed by atoms with Crippen LogP contribution in [0.5, 0.6) is 0 Å². The number of hydrogen-bond donors (Lipinski definition) is 2. The third-order valence-corrected chi connectivity index (χ3v) is 4.90. The number of carbonyl (C=O) groups is 2. The molecule has 3 rings (SSSR count). The number of nitrogens with zero attached hydrogens (tertiary/aromatic N) is 1. The number of carbonyl (C=O) groups excluding carboxylic acids is 2. The van der Waals surface area contributed by atoms with Gasteiger partial charge in [0.05, 0.1) is 6.04 Å². The maximum atomic E-state index is 13.6. The lowest BCUT2D eigenvalue weighted by molar-refractivity contribution is -0.136. The van der Waals surface area contributed by atoms with E-state index >= 15 is 0 Å². The highest BCUT2D eigenvalue weighted by Gasteiger charge is 2.20. The van der Waals surface area contributed by atoms with Crippen molar-refractivity contribution in [3.63, 3.8) is 0 Å². The van der Waals surface area contributed by atoms with E-state index in [1.807, 2.05) is 61.5 Å². The molecule has 2 N–H and O–H groups in total. The number of fused-ring (bicyclic) bond motifs is 1. The lowest BCUT2D eigenvalue weighted by Gasteiger charge is -2.26. The van der Waals surface area contributed by atoms with Gasteiger partial charge in [0, 0.05) is 12.2 Å². The van der Waals surface area contributed by atoms with E-state index in [-0.39, 0.29) is 18.3 Å². The van der Waals surface area contributed by atoms with Crippen LogP contribution in [0.15, 0.2) is 60.7 Å². The van der Waals surface area contributed by atoms with Crippen LogP contribution in [0.1, 0.15) is 17.2 Å². The fraction of sp³-hybridized carbons (Fsp3) is 0.217. The molecular weight excluding hydrogens is 369 g/mol. The normalized spacial score (nSPS) is 12.0. The van der Waals surface area contributed by atoms with Gasteiger partial charge in [0.1, 0.15) is 5.82 Å². The Labute approximate surface area is 169 Å². The molecular formula is C23H24FN3O2. The largest absolute Gasteiger partial charge is 0.346 e. The molecule has 2 amide bonds. The Balaban J connectivity index is 1.70. The molecule has 150 valence electrons. The number of rotatable bonds is 5. The predicted molar refractivity (Wildman–Crippen MR) is 113 cm³/mol. The van der Waals surface area contributed by atoms with Crippen molar-refractivity contribution in [2.45, 2.75) is 13.0 Å². The Morgan fingerprint density at radius 2 is 1.72 bits per heavy atom. The molecule has 0 bridgehead atoms. The van der Waals surface area contributed by atoms with Crippen LogP contribution in [0.4, 0.5) is 10.1 Å². The molecule has 0 aliphatic rings. The predicted octanol–water partition coefficient (Wildman–Crippen LogP) is 3.64. The van der Waals surface area contributed by atoms with Crippen LogP contribution < -0.4 is 10.6 Å². The molecule has 0 aliphatic carbocycles. The molecule has 1 atom stereocenters. The van der Waals surface area contributed by atoms with E-state index in [1.54, 1.807) is 19.1 Å². The van der Waals surface area contributed by atoms with E-state index in [2.05, 4.69) is 10.6 Å². The Hall–Kier alpha value is -3.25. The maximum absolute atomic E-state index is 13.6. The molecule has 0 saturated carbocycles. The number of nitrogens with one attached hydrogen (secondary N) is 2. The first-order valence-electron chi connectivity index (χ1n) is 9.36. The summed E-state index contributed by atoms with van der Waals surface area (Å²) in [7, 11) is 3.85. The van der Waals surface area contributed by atoms with Crippen molar-refractivity contribution in [2.24, 2.45) is 0 Å². The zero-order valence-electron chi connectivity index (χ0n) is 16.7. The van der Waals surface area contributed by atoms with Crippen molar-refractivity contribution in [3.05, 3.63) is 77.6 Å². The summed E-state index contributed by atoms with van der Waals surface area (Å²) in [5.41, 5.74) is 1.78. The van der Waals surface area contributed by atoms with Gasteiger partial charge in [-0.15, -0.1) is 0 Å². The molecule has 0 saturated heterocycles. The van der Waals surface area contributed by atoms with E-state index < -0.39 is 17.6 Å². The zero-order chi connectivity index (χ0) is 21.0. The summed E-state index contributed by atoms with van der Waals surface area (Å²) in [6.07, 6.45) is 0. The van der Waals surface area contributed by atoms with Gasteiger partial charge in [0.25, 0.3) is 0 Å². The molecule has 0 spiro atoms. The smallest absolute Gasteiger partial charge is 0.313 e. The molecule has 3 aromatic carbocycles. The molecule has 0 fully saturated rings. The van der Waals surface area contributed by atoms with Gasteiger partial charge in [-0.1, -0.05) is 48.5 Å². The minimum Gasteiger partial charge on any atom is -0.346 e. The minimum atomic E-state index is -0.830. The second kappa shape index (κ2) is 8.84. The number of hydrogen-bond acceptors (Lipinski definition) is 3. The van der Waals surface area contributed by atoms with Gasteiger partial charge in [-0.25, -0.2) is 4.39 Å². The molecule has 29 heavy (non-hydrogen) atoms. The number of amides is 2. The molecule has 3 aromatic rings. The molecule has 0 heterocycles. The van der Waals surface area contributed by atoms with E-state index in [1.165, 1.54) is 6.07 Å². The summed E-state index contributed by atoms with van der Waals surface area (Å²) in [5, 5.41) is 7.33. The maximum Gasteiger partial charge on any atom is 0.313 e. The van der Waals surface area contributed by atoms with Gasteiger partial charge < -0.3 is 15.5 Å². The molecule has 0 radical (unpaired) electrons. The lowest BCUT2D eigenvalue weighted by atomic mass is 9.98. The van der Waals surface area contributed by atoms with Gasteiger partial charge in [-0.3, -0.25) is 9.59 Å². The minimum absolute atomic E-state index is 0.116. The fourth-order valence-corrected chi connectivity index (χ4v) is 3.24. The average molecular weight is 393 g/mol. The second-order valence-corrected chi connectivity index (χ2v) is 7.18.